The van der Waals surface area contributed by atoms with Gasteiger partial charge in [0.2, 0.25) is 10.0 Å². The number of hydrogen-bond acceptors (Lipinski definition) is 3. The molecule has 0 atom stereocenters. The van der Waals surface area contributed by atoms with Gasteiger partial charge in [-0.05, 0) is 18.6 Å². The van der Waals surface area contributed by atoms with Crippen LogP contribution in [0.15, 0.2) is 16.3 Å². The molecule has 0 unspecified atom stereocenters. The summed E-state index contributed by atoms with van der Waals surface area (Å²) in [6.07, 6.45) is 1.81. The molecule has 0 aliphatic carbocycles. The minimum Gasteiger partial charge on any atom is -0.210 e. The number of nitrogens with one attached hydrogen (secondary N) is 1. The van der Waals surface area contributed by atoms with E-state index in [1.807, 2.05) is 6.92 Å². The van der Waals surface area contributed by atoms with E-state index in [0.717, 1.165) is 24.2 Å². The molecule has 1 N–H and O–H groups in total. The normalized spacial score (nSPS) is 11.9. The van der Waals surface area contributed by atoms with Crippen molar-refractivity contribution in [3.05, 3.63) is 16.5 Å². The van der Waals surface area contributed by atoms with Gasteiger partial charge in [-0.25, -0.2) is 13.1 Å². The van der Waals surface area contributed by atoms with Gasteiger partial charge in [0.1, 0.15) is 4.21 Å². The number of rotatable bonds is 5. The molecule has 80 valence electrons. The Balaban J connectivity index is 2.66. The topological polar surface area (TPSA) is 46.2 Å². The molecule has 3 nitrogen and oxygen atoms in total. The number of sulfonamides is 1. The Morgan fingerprint density at radius 2 is 2.21 bits per heavy atom. The lowest BCUT2D eigenvalue weighted by Crippen LogP contribution is -2.23. The fourth-order valence-corrected chi connectivity index (χ4v) is 3.50. The van der Waals surface area contributed by atoms with Crippen molar-refractivity contribution in [1.82, 2.24) is 4.72 Å². The van der Waals surface area contributed by atoms with Crippen LogP contribution in [0.25, 0.3) is 0 Å². The van der Waals surface area contributed by atoms with Crippen LogP contribution in [0.3, 0.4) is 0 Å². The van der Waals surface area contributed by atoms with Crippen LogP contribution in [0.4, 0.5) is 0 Å². The molecule has 0 spiro atoms. The second-order valence-electron chi connectivity index (χ2n) is 2.81. The molecule has 1 rings (SSSR count). The zero-order valence-electron chi connectivity index (χ0n) is 7.79. The van der Waals surface area contributed by atoms with Gasteiger partial charge in [-0.1, -0.05) is 24.9 Å². The Bertz CT molecular complexity index is 386. The number of thiophene rings is 1. The summed E-state index contributed by atoms with van der Waals surface area (Å²) in [7, 11) is -3.33. The predicted octanol–water partition coefficient (Wildman–Crippen LogP) is 2.48. The van der Waals surface area contributed by atoms with E-state index in [1.54, 1.807) is 6.07 Å². The quantitative estimate of drug-likeness (QED) is 0.820. The van der Waals surface area contributed by atoms with Gasteiger partial charge in [0.05, 0.1) is 4.34 Å². The molecule has 0 radical (unpaired) electrons. The van der Waals surface area contributed by atoms with Gasteiger partial charge in [0, 0.05) is 6.54 Å². The van der Waals surface area contributed by atoms with Gasteiger partial charge in [0.15, 0.2) is 0 Å². The van der Waals surface area contributed by atoms with E-state index in [1.165, 1.54) is 6.07 Å². The first-order chi connectivity index (χ1) is 6.56. The molecule has 1 aromatic rings. The van der Waals surface area contributed by atoms with Crippen molar-refractivity contribution < 1.29 is 8.42 Å². The van der Waals surface area contributed by atoms with Gasteiger partial charge in [-0.2, -0.15) is 0 Å². The summed E-state index contributed by atoms with van der Waals surface area (Å²) in [6, 6.07) is 3.10. The minimum absolute atomic E-state index is 0.276. The van der Waals surface area contributed by atoms with E-state index < -0.39 is 10.0 Å². The lowest BCUT2D eigenvalue weighted by molar-refractivity contribution is 0.580. The highest BCUT2D eigenvalue weighted by Crippen LogP contribution is 2.25. The van der Waals surface area contributed by atoms with Crippen LogP contribution in [-0.4, -0.2) is 15.0 Å². The second-order valence-corrected chi connectivity index (χ2v) is 6.52. The molecule has 0 aromatic carbocycles. The molecule has 1 heterocycles. The first-order valence-corrected chi connectivity index (χ1v) is 6.99. The minimum atomic E-state index is -3.33. The first-order valence-electron chi connectivity index (χ1n) is 4.31. The van der Waals surface area contributed by atoms with Crippen molar-refractivity contribution in [1.29, 1.82) is 0 Å². The smallest absolute Gasteiger partial charge is 0.210 e. The lowest BCUT2D eigenvalue weighted by atomic mass is 10.3. The van der Waals surface area contributed by atoms with Crippen molar-refractivity contribution in [3.63, 3.8) is 0 Å². The van der Waals surface area contributed by atoms with Crippen molar-refractivity contribution in [2.45, 2.75) is 24.0 Å². The SMILES string of the molecule is CCCCNS(=O)(=O)c1ccc(Cl)s1. The maximum absolute atomic E-state index is 11.6. The fourth-order valence-electron chi connectivity index (χ4n) is 0.897. The molecular formula is C8H12ClNO2S2. The Morgan fingerprint density at radius 3 is 2.71 bits per heavy atom. The monoisotopic (exact) mass is 253 g/mol. The zero-order valence-corrected chi connectivity index (χ0v) is 10.2. The molecule has 0 saturated carbocycles. The maximum atomic E-state index is 11.6. The predicted molar refractivity (Wildman–Crippen MR) is 59.4 cm³/mol. The third-order valence-electron chi connectivity index (χ3n) is 1.64. The lowest BCUT2D eigenvalue weighted by Gasteiger charge is -2.02. The Morgan fingerprint density at radius 1 is 1.50 bits per heavy atom. The maximum Gasteiger partial charge on any atom is 0.250 e. The third kappa shape index (κ3) is 3.24. The third-order valence-corrected chi connectivity index (χ3v) is 4.82. The van der Waals surface area contributed by atoms with Gasteiger partial charge < -0.3 is 0 Å². The van der Waals surface area contributed by atoms with E-state index >= 15 is 0 Å². The average Bonchev–Trinajstić information content (AvgIpc) is 2.53. The molecule has 0 aliphatic heterocycles. The molecule has 0 bridgehead atoms. The highest BCUT2D eigenvalue weighted by Gasteiger charge is 2.15. The second kappa shape index (κ2) is 5.11. The molecule has 1 aromatic heterocycles. The van der Waals surface area contributed by atoms with Gasteiger partial charge >= 0.3 is 0 Å². The van der Waals surface area contributed by atoms with E-state index in [0.29, 0.717) is 10.9 Å². The van der Waals surface area contributed by atoms with Crippen molar-refractivity contribution in [2.24, 2.45) is 0 Å². The van der Waals surface area contributed by atoms with Crippen molar-refractivity contribution >= 4 is 33.0 Å². The summed E-state index contributed by atoms with van der Waals surface area (Å²) in [6.45, 7) is 2.49. The summed E-state index contributed by atoms with van der Waals surface area (Å²) < 4.78 is 26.4. The van der Waals surface area contributed by atoms with Crippen LogP contribution in [0.1, 0.15) is 19.8 Å². The van der Waals surface area contributed by atoms with Crippen molar-refractivity contribution in [2.75, 3.05) is 6.54 Å². The van der Waals surface area contributed by atoms with Crippen LogP contribution in [0.2, 0.25) is 4.34 Å². The molecule has 0 fully saturated rings. The number of hydrogen-bond donors (Lipinski definition) is 1. The van der Waals surface area contributed by atoms with E-state index in [4.69, 9.17) is 11.6 Å². The highest BCUT2D eigenvalue weighted by molar-refractivity contribution is 7.91. The molecule has 6 heteroatoms. The summed E-state index contributed by atoms with van der Waals surface area (Å²) >= 11 is 6.72. The number of halogens is 1. The fraction of sp³-hybridized carbons (Fsp3) is 0.500. The van der Waals surface area contributed by atoms with Gasteiger partial charge in [-0.15, -0.1) is 11.3 Å². The Hall–Kier alpha value is -0.100. The largest absolute Gasteiger partial charge is 0.250 e. The summed E-state index contributed by atoms with van der Waals surface area (Å²) in [5.41, 5.74) is 0. The van der Waals surface area contributed by atoms with Crippen LogP contribution < -0.4 is 4.72 Å². The van der Waals surface area contributed by atoms with Crippen LogP contribution in [0.5, 0.6) is 0 Å². The summed E-state index contributed by atoms with van der Waals surface area (Å²) in [5.74, 6) is 0. The molecule has 0 saturated heterocycles. The van der Waals surface area contributed by atoms with Gasteiger partial charge in [0.25, 0.3) is 0 Å². The summed E-state index contributed by atoms with van der Waals surface area (Å²) in [5, 5.41) is 0. The zero-order chi connectivity index (χ0) is 10.6. The standard InChI is InChI=1S/C8H12ClNO2S2/c1-2-3-6-10-14(11,12)8-5-4-7(9)13-8/h4-5,10H,2-3,6H2,1H3. The van der Waals surface area contributed by atoms with Crippen LogP contribution in [0, 0.1) is 0 Å². The first kappa shape index (κ1) is 12.0. The molecule has 0 aliphatic rings. The molecule has 0 amide bonds. The van der Waals surface area contributed by atoms with E-state index in [-0.39, 0.29) is 4.21 Å². The average molecular weight is 254 g/mol. The van der Waals surface area contributed by atoms with Gasteiger partial charge in [-0.3, -0.25) is 0 Å². The van der Waals surface area contributed by atoms with E-state index in [2.05, 4.69) is 4.72 Å². The summed E-state index contributed by atoms with van der Waals surface area (Å²) in [4.78, 5) is 0. The molecular weight excluding hydrogens is 242 g/mol. The van der Waals surface area contributed by atoms with E-state index in [9.17, 15) is 8.42 Å². The number of unbranched alkanes of at least 4 members (excludes halogenated alkanes) is 1. The Labute approximate surface area is 93.1 Å². The van der Waals surface area contributed by atoms with Crippen LogP contribution >= 0.6 is 22.9 Å². The highest BCUT2D eigenvalue weighted by atomic mass is 35.5. The molecule has 14 heavy (non-hydrogen) atoms. The van der Waals surface area contributed by atoms with Crippen molar-refractivity contribution in [3.8, 4) is 0 Å². The van der Waals surface area contributed by atoms with Crippen LogP contribution in [-0.2, 0) is 10.0 Å². The Kier molecular flexibility index (Phi) is 4.37.